The topological polar surface area (TPSA) is 72.8 Å². The van der Waals surface area contributed by atoms with Crippen molar-refractivity contribution in [3.63, 3.8) is 0 Å². The van der Waals surface area contributed by atoms with Gasteiger partial charge in [-0.15, -0.1) is 0 Å². The second-order valence-corrected chi connectivity index (χ2v) is 4.39. The fraction of sp³-hybridized carbons (Fsp3) is 0.333. The molecular formula is C12H14O5. The fourth-order valence-corrected chi connectivity index (χ4v) is 0.987. The highest BCUT2D eigenvalue weighted by atomic mass is 16.7. The van der Waals surface area contributed by atoms with E-state index < -0.39 is 17.2 Å². The molecule has 17 heavy (non-hydrogen) atoms. The summed E-state index contributed by atoms with van der Waals surface area (Å²) in [7, 11) is 0. The first-order valence-corrected chi connectivity index (χ1v) is 5.02. The van der Waals surface area contributed by atoms with Gasteiger partial charge in [0.25, 0.3) is 0 Å². The molecule has 5 nitrogen and oxygen atoms in total. The van der Waals surface area contributed by atoms with Gasteiger partial charge in [0.15, 0.2) is 5.75 Å². The normalized spacial score (nSPS) is 10.8. The van der Waals surface area contributed by atoms with Crippen LogP contribution in [-0.2, 0) is 4.74 Å². The van der Waals surface area contributed by atoms with E-state index in [2.05, 4.69) is 0 Å². The van der Waals surface area contributed by atoms with E-state index in [0.29, 0.717) is 0 Å². The van der Waals surface area contributed by atoms with E-state index in [-0.39, 0.29) is 11.5 Å². The number of ether oxygens (including phenoxy) is 2. The second-order valence-electron chi connectivity index (χ2n) is 4.39. The van der Waals surface area contributed by atoms with Gasteiger partial charge >= 0.3 is 6.16 Å². The van der Waals surface area contributed by atoms with E-state index in [1.54, 1.807) is 20.8 Å². The Labute approximate surface area is 98.6 Å². The Balaban J connectivity index is 2.87. The molecule has 0 atom stereocenters. The van der Waals surface area contributed by atoms with Crippen molar-refractivity contribution < 1.29 is 19.4 Å². The summed E-state index contributed by atoms with van der Waals surface area (Å²) in [4.78, 5) is 22.8. The van der Waals surface area contributed by atoms with E-state index >= 15 is 0 Å². The van der Waals surface area contributed by atoms with E-state index in [1.807, 2.05) is 0 Å². The smallest absolute Gasteiger partial charge is 0.508 e. The minimum atomic E-state index is -0.958. The molecule has 0 spiro atoms. The number of rotatable bonds is 1. The third-order valence-corrected chi connectivity index (χ3v) is 1.64. The van der Waals surface area contributed by atoms with Crippen LogP contribution in [0.5, 0.6) is 11.5 Å². The molecule has 0 fully saturated rings. The third kappa shape index (κ3) is 4.55. The van der Waals surface area contributed by atoms with Crippen LogP contribution in [0.4, 0.5) is 4.79 Å². The maximum Gasteiger partial charge on any atom is 0.514 e. The lowest BCUT2D eigenvalue weighted by Gasteiger charge is -2.18. The average molecular weight is 238 g/mol. The van der Waals surface area contributed by atoms with Crippen molar-refractivity contribution in [2.24, 2.45) is 0 Å². The van der Waals surface area contributed by atoms with Crippen LogP contribution in [0, 0.1) is 0 Å². The molecule has 0 bridgehead atoms. The molecule has 0 aliphatic carbocycles. The minimum absolute atomic E-state index is 0.0962. The monoisotopic (exact) mass is 238 g/mol. The van der Waals surface area contributed by atoms with Gasteiger partial charge in [0, 0.05) is 0 Å². The van der Waals surface area contributed by atoms with Crippen LogP contribution in [0.2, 0.25) is 0 Å². The molecule has 0 heterocycles. The molecule has 0 amide bonds. The third-order valence-electron chi connectivity index (χ3n) is 1.64. The summed E-state index contributed by atoms with van der Waals surface area (Å²) in [5.41, 5.74) is -1.21. The Morgan fingerprint density at radius 2 is 1.76 bits per heavy atom. The van der Waals surface area contributed by atoms with Crippen LogP contribution in [0.25, 0.3) is 0 Å². The van der Waals surface area contributed by atoms with Gasteiger partial charge in [-0.3, -0.25) is 4.79 Å². The summed E-state index contributed by atoms with van der Waals surface area (Å²) in [5, 5.41) is 9.15. The average Bonchev–Trinajstić information content (AvgIpc) is 2.30. The van der Waals surface area contributed by atoms with Gasteiger partial charge < -0.3 is 14.6 Å². The highest BCUT2D eigenvalue weighted by molar-refractivity contribution is 5.64. The predicted molar refractivity (Wildman–Crippen MR) is 61.2 cm³/mol. The lowest BCUT2D eigenvalue weighted by Crippen LogP contribution is -2.26. The van der Waals surface area contributed by atoms with Gasteiger partial charge in [-0.2, -0.15) is 0 Å². The molecule has 5 heteroatoms. The molecular weight excluding hydrogens is 224 g/mol. The SMILES string of the molecule is CC(C)(C)OC(=O)Oc1ccc(O)ccc1=O. The lowest BCUT2D eigenvalue weighted by atomic mass is 10.2. The van der Waals surface area contributed by atoms with Crippen LogP contribution in [0.3, 0.4) is 0 Å². The van der Waals surface area contributed by atoms with Gasteiger partial charge in [-0.25, -0.2) is 4.79 Å². The van der Waals surface area contributed by atoms with Crippen molar-refractivity contribution in [3.8, 4) is 11.5 Å². The maximum absolute atomic E-state index is 11.4. The van der Waals surface area contributed by atoms with Crippen LogP contribution in [-0.4, -0.2) is 16.9 Å². The molecule has 0 aromatic heterocycles. The lowest BCUT2D eigenvalue weighted by molar-refractivity contribution is 0.0204. The standard InChI is InChI=1S/C12H14O5/c1-12(2,3)17-11(15)16-10-7-5-8(13)4-6-9(10)14/h4-7,13H,1-3H3. The maximum atomic E-state index is 11.4. The predicted octanol–water partition coefficient (Wildman–Crippen LogP) is 2.07. The molecule has 0 radical (unpaired) electrons. The first kappa shape index (κ1) is 13.0. The number of hydrogen-bond acceptors (Lipinski definition) is 5. The van der Waals surface area contributed by atoms with Crippen LogP contribution in [0.15, 0.2) is 29.1 Å². The van der Waals surface area contributed by atoms with E-state index in [4.69, 9.17) is 14.6 Å². The largest absolute Gasteiger partial charge is 0.514 e. The summed E-state index contributed by atoms with van der Waals surface area (Å²) in [6, 6.07) is 4.78. The van der Waals surface area contributed by atoms with Crippen molar-refractivity contribution in [2.45, 2.75) is 26.4 Å². The van der Waals surface area contributed by atoms with Crippen molar-refractivity contribution in [3.05, 3.63) is 34.5 Å². The molecule has 1 N–H and O–H groups in total. The zero-order valence-electron chi connectivity index (χ0n) is 9.89. The molecule has 1 aromatic carbocycles. The van der Waals surface area contributed by atoms with Crippen molar-refractivity contribution in [1.82, 2.24) is 0 Å². The summed E-state index contributed by atoms with van der Waals surface area (Å²) in [5.74, 6) is -0.291. The van der Waals surface area contributed by atoms with Crippen molar-refractivity contribution in [2.75, 3.05) is 0 Å². The van der Waals surface area contributed by atoms with E-state index in [9.17, 15) is 9.59 Å². The number of aromatic hydroxyl groups is 1. The Hall–Kier alpha value is -2.04. The first-order valence-electron chi connectivity index (χ1n) is 5.02. The fourth-order valence-electron chi connectivity index (χ4n) is 0.987. The van der Waals surface area contributed by atoms with Gasteiger partial charge in [-0.05, 0) is 45.0 Å². The molecule has 92 valence electrons. The highest BCUT2D eigenvalue weighted by Gasteiger charge is 2.18. The highest BCUT2D eigenvalue weighted by Crippen LogP contribution is 2.12. The molecule has 0 aliphatic rings. The summed E-state index contributed by atoms with van der Waals surface area (Å²) >= 11 is 0. The molecule has 1 aromatic rings. The van der Waals surface area contributed by atoms with Gasteiger partial charge in [-0.1, -0.05) is 0 Å². The van der Waals surface area contributed by atoms with Crippen LogP contribution < -0.4 is 10.2 Å². The molecule has 0 saturated carbocycles. The quantitative estimate of drug-likeness (QED) is 0.758. The van der Waals surface area contributed by atoms with Crippen LogP contribution in [0.1, 0.15) is 20.8 Å². The first-order chi connectivity index (χ1) is 7.78. The molecule has 0 aliphatic heterocycles. The summed E-state index contributed by atoms with van der Waals surface area (Å²) in [6.45, 7) is 5.05. The van der Waals surface area contributed by atoms with Crippen molar-refractivity contribution >= 4 is 6.16 Å². The van der Waals surface area contributed by atoms with Gasteiger partial charge in [0.05, 0.1) is 0 Å². The number of carbonyl (C=O) groups excluding carboxylic acids is 1. The zero-order valence-corrected chi connectivity index (χ0v) is 9.89. The number of carbonyl (C=O) groups is 1. The minimum Gasteiger partial charge on any atom is -0.508 e. The summed E-state index contributed by atoms with van der Waals surface area (Å²) in [6.07, 6.45) is -0.958. The molecule has 0 saturated heterocycles. The van der Waals surface area contributed by atoms with E-state index in [1.165, 1.54) is 18.2 Å². The Kier molecular flexibility index (Phi) is 3.73. The van der Waals surface area contributed by atoms with Crippen molar-refractivity contribution in [1.29, 1.82) is 0 Å². The van der Waals surface area contributed by atoms with Gasteiger partial charge in [0.1, 0.15) is 11.4 Å². The Morgan fingerprint density at radius 3 is 2.35 bits per heavy atom. The summed E-state index contributed by atoms with van der Waals surface area (Å²) < 4.78 is 9.65. The number of hydrogen-bond donors (Lipinski definition) is 1. The Morgan fingerprint density at radius 1 is 1.18 bits per heavy atom. The Bertz CT molecular complexity index is 473. The zero-order chi connectivity index (χ0) is 13.1. The molecule has 0 unspecified atom stereocenters. The van der Waals surface area contributed by atoms with Gasteiger partial charge in [0.2, 0.25) is 5.43 Å². The van der Waals surface area contributed by atoms with Crippen LogP contribution >= 0.6 is 0 Å². The molecule has 1 rings (SSSR count). The second kappa shape index (κ2) is 4.86. The van der Waals surface area contributed by atoms with E-state index in [0.717, 1.165) is 6.07 Å².